The first-order valence-electron chi connectivity index (χ1n) is 5.46. The van der Waals surface area contributed by atoms with Gasteiger partial charge in [0.25, 0.3) is 5.91 Å². The summed E-state index contributed by atoms with van der Waals surface area (Å²) in [7, 11) is 1.72. The summed E-state index contributed by atoms with van der Waals surface area (Å²) in [6, 6.07) is 4.39. The van der Waals surface area contributed by atoms with E-state index in [0.717, 1.165) is 12.8 Å². The smallest absolute Gasteiger partial charge is 0.272 e. The van der Waals surface area contributed by atoms with Crippen LogP contribution in [0, 0.1) is 5.95 Å². The molecule has 0 aliphatic rings. The molecule has 4 heteroatoms. The summed E-state index contributed by atoms with van der Waals surface area (Å²) >= 11 is 0. The lowest BCUT2D eigenvalue weighted by Gasteiger charge is -2.24. The third-order valence-electron chi connectivity index (χ3n) is 2.62. The lowest BCUT2D eigenvalue weighted by Crippen LogP contribution is -2.35. The standard InChI is InChI=1S/C12H17FN2O/c1-4-6-9(2)15(3)12(16)10-7-5-8-11(13)14-10/h5,7-9H,4,6H2,1-3H3. The van der Waals surface area contributed by atoms with Crippen LogP contribution in [0.3, 0.4) is 0 Å². The van der Waals surface area contributed by atoms with Crippen LogP contribution in [0.15, 0.2) is 18.2 Å². The molecule has 1 unspecified atom stereocenters. The SMILES string of the molecule is CCCC(C)N(C)C(=O)c1cccc(F)n1. The zero-order valence-corrected chi connectivity index (χ0v) is 9.90. The van der Waals surface area contributed by atoms with Gasteiger partial charge in [-0.05, 0) is 25.5 Å². The number of hydrogen-bond donors (Lipinski definition) is 0. The van der Waals surface area contributed by atoms with E-state index in [-0.39, 0.29) is 17.6 Å². The molecule has 0 aromatic carbocycles. The van der Waals surface area contributed by atoms with Gasteiger partial charge in [-0.2, -0.15) is 4.39 Å². The Hall–Kier alpha value is -1.45. The summed E-state index contributed by atoms with van der Waals surface area (Å²) in [6.07, 6.45) is 1.94. The van der Waals surface area contributed by atoms with Gasteiger partial charge >= 0.3 is 0 Å². The molecule has 1 rings (SSSR count). The Balaban J connectivity index is 2.77. The van der Waals surface area contributed by atoms with E-state index in [0.29, 0.717) is 0 Å². The first kappa shape index (κ1) is 12.6. The third-order valence-corrected chi connectivity index (χ3v) is 2.62. The Bertz CT molecular complexity index is 368. The van der Waals surface area contributed by atoms with Gasteiger partial charge in [0, 0.05) is 13.1 Å². The molecule has 0 radical (unpaired) electrons. The first-order chi connectivity index (χ1) is 7.56. The van der Waals surface area contributed by atoms with E-state index in [1.54, 1.807) is 11.9 Å². The molecule has 0 fully saturated rings. The molecule has 3 nitrogen and oxygen atoms in total. The second kappa shape index (κ2) is 5.58. The van der Waals surface area contributed by atoms with Crippen LogP contribution >= 0.6 is 0 Å². The maximum atomic E-state index is 12.9. The number of nitrogens with zero attached hydrogens (tertiary/aromatic N) is 2. The maximum absolute atomic E-state index is 12.9. The van der Waals surface area contributed by atoms with Gasteiger partial charge in [-0.3, -0.25) is 4.79 Å². The second-order valence-electron chi connectivity index (χ2n) is 3.90. The van der Waals surface area contributed by atoms with Crippen LogP contribution in [0.4, 0.5) is 4.39 Å². The molecule has 16 heavy (non-hydrogen) atoms. The number of halogens is 1. The average Bonchev–Trinajstić information content (AvgIpc) is 2.27. The van der Waals surface area contributed by atoms with E-state index < -0.39 is 5.95 Å². The topological polar surface area (TPSA) is 33.2 Å². The van der Waals surface area contributed by atoms with Crippen LogP contribution in [-0.2, 0) is 0 Å². The van der Waals surface area contributed by atoms with Crippen LogP contribution in [0.25, 0.3) is 0 Å². The molecular weight excluding hydrogens is 207 g/mol. The molecule has 0 aliphatic carbocycles. The number of pyridine rings is 1. The molecule has 1 amide bonds. The Morgan fingerprint density at radius 3 is 2.81 bits per heavy atom. The Morgan fingerprint density at radius 2 is 2.25 bits per heavy atom. The lowest BCUT2D eigenvalue weighted by atomic mass is 10.1. The van der Waals surface area contributed by atoms with Crippen molar-refractivity contribution in [2.75, 3.05) is 7.05 Å². The Labute approximate surface area is 95.3 Å². The van der Waals surface area contributed by atoms with Crippen molar-refractivity contribution in [1.29, 1.82) is 0 Å². The van der Waals surface area contributed by atoms with Crippen LogP contribution < -0.4 is 0 Å². The summed E-state index contributed by atoms with van der Waals surface area (Å²) in [6.45, 7) is 4.04. The van der Waals surface area contributed by atoms with Gasteiger partial charge in [-0.15, -0.1) is 0 Å². The highest BCUT2D eigenvalue weighted by molar-refractivity contribution is 5.92. The van der Waals surface area contributed by atoms with Gasteiger partial charge in [-0.1, -0.05) is 19.4 Å². The van der Waals surface area contributed by atoms with Gasteiger partial charge in [0.05, 0.1) is 0 Å². The largest absolute Gasteiger partial charge is 0.338 e. The van der Waals surface area contributed by atoms with Crippen LogP contribution in [0.5, 0.6) is 0 Å². The maximum Gasteiger partial charge on any atom is 0.272 e. The molecule has 88 valence electrons. The number of hydrogen-bond acceptors (Lipinski definition) is 2. The summed E-state index contributed by atoms with van der Waals surface area (Å²) in [4.78, 5) is 17.1. The predicted molar refractivity (Wildman–Crippen MR) is 60.7 cm³/mol. The predicted octanol–water partition coefficient (Wildman–Crippen LogP) is 2.48. The fourth-order valence-electron chi connectivity index (χ4n) is 1.52. The summed E-state index contributed by atoms with van der Waals surface area (Å²) in [5.41, 5.74) is 0.158. The van der Waals surface area contributed by atoms with Crippen molar-refractivity contribution in [2.24, 2.45) is 0 Å². The van der Waals surface area contributed by atoms with Gasteiger partial charge in [-0.25, -0.2) is 4.98 Å². The van der Waals surface area contributed by atoms with Gasteiger partial charge in [0.1, 0.15) is 5.69 Å². The highest BCUT2D eigenvalue weighted by atomic mass is 19.1. The van der Waals surface area contributed by atoms with Crippen molar-refractivity contribution in [3.63, 3.8) is 0 Å². The molecule has 0 aliphatic heterocycles. The molecule has 1 aromatic rings. The van der Waals surface area contributed by atoms with Crippen molar-refractivity contribution >= 4 is 5.91 Å². The quantitative estimate of drug-likeness (QED) is 0.736. The number of carbonyl (C=O) groups excluding carboxylic acids is 1. The number of aromatic nitrogens is 1. The molecule has 0 saturated carbocycles. The monoisotopic (exact) mass is 224 g/mol. The molecule has 0 N–H and O–H groups in total. The van der Waals surface area contributed by atoms with E-state index in [1.165, 1.54) is 18.2 Å². The third kappa shape index (κ3) is 3.02. The van der Waals surface area contributed by atoms with E-state index >= 15 is 0 Å². The lowest BCUT2D eigenvalue weighted by molar-refractivity contribution is 0.0729. The van der Waals surface area contributed by atoms with Gasteiger partial charge in [0.15, 0.2) is 0 Å². The highest BCUT2D eigenvalue weighted by Gasteiger charge is 2.18. The average molecular weight is 224 g/mol. The van der Waals surface area contributed by atoms with Crippen LogP contribution in [-0.4, -0.2) is 28.9 Å². The minimum absolute atomic E-state index is 0.141. The zero-order chi connectivity index (χ0) is 12.1. The van der Waals surface area contributed by atoms with Crippen LogP contribution in [0.1, 0.15) is 37.2 Å². The van der Waals surface area contributed by atoms with Crippen molar-refractivity contribution < 1.29 is 9.18 Å². The second-order valence-corrected chi connectivity index (χ2v) is 3.90. The number of amides is 1. The minimum atomic E-state index is -0.623. The Kier molecular flexibility index (Phi) is 4.40. The number of rotatable bonds is 4. The van der Waals surface area contributed by atoms with Crippen molar-refractivity contribution in [1.82, 2.24) is 9.88 Å². The molecule has 0 saturated heterocycles. The van der Waals surface area contributed by atoms with Crippen molar-refractivity contribution in [3.8, 4) is 0 Å². The first-order valence-corrected chi connectivity index (χ1v) is 5.46. The molecule has 1 aromatic heterocycles. The van der Waals surface area contributed by atoms with E-state index in [2.05, 4.69) is 11.9 Å². The molecule has 1 atom stereocenters. The number of carbonyl (C=O) groups is 1. The van der Waals surface area contributed by atoms with Crippen LogP contribution in [0.2, 0.25) is 0 Å². The molecular formula is C12H17FN2O. The molecule has 0 bridgehead atoms. The van der Waals surface area contributed by atoms with Crippen molar-refractivity contribution in [2.45, 2.75) is 32.7 Å². The fraction of sp³-hybridized carbons (Fsp3) is 0.500. The fourth-order valence-corrected chi connectivity index (χ4v) is 1.52. The Morgan fingerprint density at radius 1 is 1.56 bits per heavy atom. The van der Waals surface area contributed by atoms with E-state index in [1.807, 2.05) is 6.92 Å². The molecule has 0 spiro atoms. The summed E-state index contributed by atoms with van der Waals surface area (Å²) in [5, 5.41) is 0. The summed E-state index contributed by atoms with van der Waals surface area (Å²) in [5.74, 6) is -0.858. The normalized spacial score (nSPS) is 12.2. The highest BCUT2D eigenvalue weighted by Crippen LogP contribution is 2.08. The minimum Gasteiger partial charge on any atom is -0.338 e. The zero-order valence-electron chi connectivity index (χ0n) is 9.90. The van der Waals surface area contributed by atoms with E-state index in [4.69, 9.17) is 0 Å². The van der Waals surface area contributed by atoms with E-state index in [9.17, 15) is 9.18 Å². The van der Waals surface area contributed by atoms with Crippen molar-refractivity contribution in [3.05, 3.63) is 29.8 Å². The molecule has 1 heterocycles. The van der Waals surface area contributed by atoms with Gasteiger partial charge in [0.2, 0.25) is 5.95 Å². The van der Waals surface area contributed by atoms with Gasteiger partial charge < -0.3 is 4.90 Å². The summed E-state index contributed by atoms with van der Waals surface area (Å²) < 4.78 is 12.9.